The molecule has 0 spiro atoms. The van der Waals surface area contributed by atoms with Gasteiger partial charge < -0.3 is 10.6 Å². The second-order valence-corrected chi connectivity index (χ2v) is 3.47. The molecule has 0 heterocycles. The van der Waals surface area contributed by atoms with Crippen molar-refractivity contribution in [2.75, 3.05) is 13.1 Å². The van der Waals surface area contributed by atoms with Crippen LogP contribution in [0.3, 0.4) is 0 Å². The Bertz CT molecular complexity index is 220. The van der Waals surface area contributed by atoms with Crippen molar-refractivity contribution >= 4 is 5.91 Å². The third-order valence-corrected chi connectivity index (χ3v) is 2.52. The number of carbonyl (C=O) groups is 1. The Morgan fingerprint density at radius 2 is 2.14 bits per heavy atom. The Kier molecular flexibility index (Phi) is 5.98. The van der Waals surface area contributed by atoms with Crippen LogP contribution < -0.4 is 5.73 Å². The van der Waals surface area contributed by atoms with E-state index in [9.17, 15) is 4.79 Å². The lowest BCUT2D eigenvalue weighted by molar-refractivity contribution is -0.132. The topological polar surface area (TPSA) is 46.3 Å². The summed E-state index contributed by atoms with van der Waals surface area (Å²) in [6.45, 7) is 6.87. The van der Waals surface area contributed by atoms with Gasteiger partial charge in [0.25, 0.3) is 0 Å². The fourth-order valence-corrected chi connectivity index (χ4v) is 1.16. The Morgan fingerprint density at radius 1 is 1.57 bits per heavy atom. The fourth-order valence-electron chi connectivity index (χ4n) is 1.16. The smallest absolute Gasteiger partial charge is 0.240 e. The number of nitrogens with two attached hydrogens (primary N) is 1. The minimum absolute atomic E-state index is 0.0419. The average molecular weight is 196 g/mol. The SMILES string of the molecule is C#CCN(CC)C(=O)C(N)C(C)CC. The Morgan fingerprint density at radius 3 is 2.50 bits per heavy atom. The molecule has 0 rings (SSSR count). The first-order chi connectivity index (χ1) is 6.58. The van der Waals surface area contributed by atoms with Gasteiger partial charge in [0.15, 0.2) is 0 Å². The molecule has 0 radical (unpaired) electrons. The molecular weight excluding hydrogens is 176 g/mol. The molecule has 3 nitrogen and oxygen atoms in total. The normalized spacial score (nSPS) is 14.2. The Balaban J connectivity index is 4.35. The molecule has 2 atom stereocenters. The number of hydrogen-bond acceptors (Lipinski definition) is 2. The number of hydrogen-bond donors (Lipinski definition) is 1. The predicted molar refractivity (Wildman–Crippen MR) is 58.5 cm³/mol. The van der Waals surface area contributed by atoms with Crippen molar-refractivity contribution in [3.63, 3.8) is 0 Å². The zero-order valence-corrected chi connectivity index (χ0v) is 9.29. The zero-order valence-electron chi connectivity index (χ0n) is 9.29. The molecule has 0 aliphatic heterocycles. The summed E-state index contributed by atoms with van der Waals surface area (Å²) in [6, 6.07) is -0.423. The van der Waals surface area contributed by atoms with Crippen molar-refractivity contribution < 1.29 is 4.79 Å². The van der Waals surface area contributed by atoms with Gasteiger partial charge in [0.1, 0.15) is 0 Å². The molecule has 0 aromatic heterocycles. The average Bonchev–Trinajstić information content (AvgIpc) is 2.22. The van der Waals surface area contributed by atoms with Crippen LogP contribution in [0.5, 0.6) is 0 Å². The van der Waals surface area contributed by atoms with E-state index in [0.29, 0.717) is 13.1 Å². The van der Waals surface area contributed by atoms with Crippen LogP contribution in [-0.4, -0.2) is 29.9 Å². The quantitative estimate of drug-likeness (QED) is 0.662. The summed E-state index contributed by atoms with van der Waals surface area (Å²) in [5, 5.41) is 0. The highest BCUT2D eigenvalue weighted by Gasteiger charge is 2.23. The van der Waals surface area contributed by atoms with Crippen molar-refractivity contribution in [1.82, 2.24) is 4.90 Å². The van der Waals surface area contributed by atoms with Crippen LogP contribution in [0.15, 0.2) is 0 Å². The summed E-state index contributed by atoms with van der Waals surface area (Å²) in [6.07, 6.45) is 6.07. The molecule has 1 amide bonds. The number of nitrogens with zero attached hydrogens (tertiary/aromatic N) is 1. The van der Waals surface area contributed by atoms with Gasteiger partial charge in [-0.3, -0.25) is 4.79 Å². The van der Waals surface area contributed by atoms with Crippen LogP contribution in [0.4, 0.5) is 0 Å². The van der Waals surface area contributed by atoms with Crippen molar-refractivity contribution in [3.8, 4) is 12.3 Å². The lowest BCUT2D eigenvalue weighted by Crippen LogP contribution is -2.47. The summed E-state index contributed by atoms with van der Waals surface area (Å²) < 4.78 is 0. The van der Waals surface area contributed by atoms with E-state index >= 15 is 0 Å². The Labute approximate surface area is 86.6 Å². The van der Waals surface area contributed by atoms with Gasteiger partial charge in [0, 0.05) is 6.54 Å². The Hall–Kier alpha value is -1.01. The molecule has 0 aliphatic rings. The lowest BCUT2D eigenvalue weighted by atomic mass is 9.99. The minimum atomic E-state index is -0.423. The molecule has 0 saturated carbocycles. The molecule has 14 heavy (non-hydrogen) atoms. The van der Waals surface area contributed by atoms with Crippen molar-refractivity contribution in [1.29, 1.82) is 0 Å². The van der Waals surface area contributed by atoms with Crippen LogP contribution >= 0.6 is 0 Å². The minimum Gasteiger partial charge on any atom is -0.330 e. The van der Waals surface area contributed by atoms with Gasteiger partial charge in [-0.1, -0.05) is 26.2 Å². The summed E-state index contributed by atoms with van der Waals surface area (Å²) in [7, 11) is 0. The van der Waals surface area contributed by atoms with E-state index in [-0.39, 0.29) is 11.8 Å². The maximum Gasteiger partial charge on any atom is 0.240 e. The fraction of sp³-hybridized carbons (Fsp3) is 0.727. The van der Waals surface area contributed by atoms with Crippen molar-refractivity contribution in [2.45, 2.75) is 33.2 Å². The van der Waals surface area contributed by atoms with E-state index in [1.165, 1.54) is 0 Å². The van der Waals surface area contributed by atoms with E-state index in [2.05, 4.69) is 5.92 Å². The van der Waals surface area contributed by atoms with Gasteiger partial charge in [0.2, 0.25) is 5.91 Å². The van der Waals surface area contributed by atoms with Crippen LogP contribution in [-0.2, 0) is 4.79 Å². The molecule has 0 aliphatic carbocycles. The molecule has 0 fully saturated rings. The highest BCUT2D eigenvalue weighted by Crippen LogP contribution is 2.08. The second kappa shape index (κ2) is 6.44. The molecule has 0 aromatic carbocycles. The summed E-state index contributed by atoms with van der Waals surface area (Å²) in [4.78, 5) is 13.4. The largest absolute Gasteiger partial charge is 0.330 e. The van der Waals surface area contributed by atoms with Crippen molar-refractivity contribution in [3.05, 3.63) is 0 Å². The van der Waals surface area contributed by atoms with E-state index in [1.54, 1.807) is 4.90 Å². The van der Waals surface area contributed by atoms with Gasteiger partial charge in [-0.15, -0.1) is 6.42 Å². The highest BCUT2D eigenvalue weighted by atomic mass is 16.2. The van der Waals surface area contributed by atoms with Gasteiger partial charge >= 0.3 is 0 Å². The molecule has 0 bridgehead atoms. The number of amides is 1. The van der Waals surface area contributed by atoms with Gasteiger partial charge in [-0.25, -0.2) is 0 Å². The second-order valence-electron chi connectivity index (χ2n) is 3.47. The number of terminal acetylenes is 1. The highest BCUT2D eigenvalue weighted by molar-refractivity contribution is 5.82. The van der Waals surface area contributed by atoms with E-state index < -0.39 is 6.04 Å². The zero-order chi connectivity index (χ0) is 11.1. The van der Waals surface area contributed by atoms with Crippen LogP contribution in [0, 0.1) is 18.3 Å². The van der Waals surface area contributed by atoms with E-state index in [0.717, 1.165) is 6.42 Å². The monoisotopic (exact) mass is 196 g/mol. The van der Waals surface area contributed by atoms with Gasteiger partial charge in [-0.05, 0) is 12.8 Å². The summed E-state index contributed by atoms with van der Waals surface area (Å²) >= 11 is 0. The number of carbonyl (C=O) groups excluding carboxylic acids is 1. The third-order valence-electron chi connectivity index (χ3n) is 2.52. The lowest BCUT2D eigenvalue weighted by Gasteiger charge is -2.25. The molecular formula is C11H20N2O. The first kappa shape index (κ1) is 13.0. The van der Waals surface area contributed by atoms with Crippen LogP contribution in [0.2, 0.25) is 0 Å². The third kappa shape index (κ3) is 3.39. The predicted octanol–water partition coefficient (Wildman–Crippen LogP) is 0.841. The molecule has 0 saturated heterocycles. The van der Waals surface area contributed by atoms with Crippen LogP contribution in [0.25, 0.3) is 0 Å². The van der Waals surface area contributed by atoms with Crippen molar-refractivity contribution in [2.24, 2.45) is 11.7 Å². The molecule has 80 valence electrons. The number of likely N-dealkylation sites (N-methyl/N-ethyl adjacent to an activating group) is 1. The maximum absolute atomic E-state index is 11.8. The van der Waals surface area contributed by atoms with E-state index in [1.807, 2.05) is 20.8 Å². The maximum atomic E-state index is 11.8. The van der Waals surface area contributed by atoms with Crippen LogP contribution in [0.1, 0.15) is 27.2 Å². The summed E-state index contributed by atoms with van der Waals surface area (Å²) in [5.41, 5.74) is 5.82. The molecule has 2 unspecified atom stereocenters. The van der Waals surface area contributed by atoms with Gasteiger partial charge in [-0.2, -0.15) is 0 Å². The molecule has 3 heteroatoms. The first-order valence-electron chi connectivity index (χ1n) is 5.06. The number of rotatable bonds is 5. The molecule has 0 aromatic rings. The standard InChI is InChI=1S/C11H20N2O/c1-5-8-13(7-3)11(14)10(12)9(4)6-2/h1,9-10H,6-8,12H2,2-4H3. The first-order valence-corrected chi connectivity index (χ1v) is 5.06. The summed E-state index contributed by atoms with van der Waals surface area (Å²) in [5.74, 6) is 2.62. The van der Waals surface area contributed by atoms with E-state index in [4.69, 9.17) is 12.2 Å². The molecule has 2 N–H and O–H groups in total. The van der Waals surface area contributed by atoms with Gasteiger partial charge in [0.05, 0.1) is 12.6 Å².